The zero-order valence-corrected chi connectivity index (χ0v) is 16.9. The predicted octanol–water partition coefficient (Wildman–Crippen LogP) is 3.49. The van der Waals surface area contributed by atoms with Crippen molar-refractivity contribution in [2.24, 2.45) is 0 Å². The van der Waals surface area contributed by atoms with E-state index >= 15 is 0 Å². The summed E-state index contributed by atoms with van der Waals surface area (Å²) in [5.41, 5.74) is 2.17. The van der Waals surface area contributed by atoms with Gasteiger partial charge in [0.15, 0.2) is 0 Å². The van der Waals surface area contributed by atoms with Gasteiger partial charge in [0.05, 0.1) is 10.7 Å². The maximum absolute atomic E-state index is 12.9. The number of amides is 1. The van der Waals surface area contributed by atoms with Gasteiger partial charge in [-0.25, -0.2) is 0 Å². The molecular formula is C20H28N2O2S2. The van der Waals surface area contributed by atoms with E-state index in [0.29, 0.717) is 10.7 Å². The van der Waals surface area contributed by atoms with Gasteiger partial charge in [-0.2, -0.15) is 0 Å². The second-order valence-corrected chi connectivity index (χ2v) is 10.0. The number of hydrogen-bond donors (Lipinski definition) is 0. The first-order valence-corrected chi connectivity index (χ1v) is 11.9. The largest absolute Gasteiger partial charge is 0.377 e. The minimum atomic E-state index is 0.183. The van der Waals surface area contributed by atoms with Crippen LogP contribution in [0, 0.1) is 0 Å². The molecule has 142 valence electrons. The summed E-state index contributed by atoms with van der Waals surface area (Å²) in [6.45, 7) is 5.64. The Bertz CT molecular complexity index is 598. The minimum absolute atomic E-state index is 0.183. The van der Waals surface area contributed by atoms with Crippen molar-refractivity contribution in [3.05, 3.63) is 35.4 Å². The van der Waals surface area contributed by atoms with E-state index in [2.05, 4.69) is 17.0 Å². The average Bonchev–Trinajstić information content (AvgIpc) is 3.33. The van der Waals surface area contributed by atoms with Crippen LogP contribution in [0.1, 0.15) is 39.8 Å². The Morgan fingerprint density at radius 3 is 2.58 bits per heavy atom. The predicted molar refractivity (Wildman–Crippen MR) is 110 cm³/mol. The molecule has 3 aliphatic rings. The number of ether oxygens (including phenoxy) is 1. The Labute approximate surface area is 165 Å². The van der Waals surface area contributed by atoms with Crippen LogP contribution in [-0.4, -0.2) is 72.6 Å². The Kier molecular flexibility index (Phi) is 6.46. The molecule has 0 aliphatic carbocycles. The second-order valence-electron chi connectivity index (χ2n) is 7.28. The molecule has 0 saturated carbocycles. The summed E-state index contributed by atoms with van der Waals surface area (Å²) in [6, 6.07) is 8.33. The maximum Gasteiger partial charge on any atom is 0.253 e. The third-order valence-corrected chi connectivity index (χ3v) is 8.52. The molecule has 1 unspecified atom stereocenters. The van der Waals surface area contributed by atoms with Crippen molar-refractivity contribution in [2.75, 3.05) is 50.8 Å². The van der Waals surface area contributed by atoms with Crippen molar-refractivity contribution in [3.63, 3.8) is 0 Å². The van der Waals surface area contributed by atoms with Crippen LogP contribution < -0.4 is 0 Å². The minimum Gasteiger partial charge on any atom is -0.377 e. The van der Waals surface area contributed by atoms with Crippen LogP contribution in [0.2, 0.25) is 0 Å². The van der Waals surface area contributed by atoms with Crippen molar-refractivity contribution in [1.82, 2.24) is 9.80 Å². The first kappa shape index (κ1) is 18.7. The molecule has 1 aromatic carbocycles. The monoisotopic (exact) mass is 392 g/mol. The van der Waals surface area contributed by atoms with Crippen LogP contribution in [-0.2, 0) is 4.74 Å². The zero-order valence-electron chi connectivity index (χ0n) is 15.3. The van der Waals surface area contributed by atoms with Gasteiger partial charge in [0.2, 0.25) is 0 Å². The van der Waals surface area contributed by atoms with Crippen LogP contribution in [0.25, 0.3) is 0 Å². The van der Waals surface area contributed by atoms with E-state index in [4.69, 9.17) is 4.74 Å². The molecule has 3 heterocycles. The molecule has 0 spiro atoms. The Morgan fingerprint density at radius 1 is 1.04 bits per heavy atom. The third kappa shape index (κ3) is 4.58. The highest BCUT2D eigenvalue weighted by Crippen LogP contribution is 2.45. The van der Waals surface area contributed by atoms with Crippen molar-refractivity contribution in [2.45, 2.75) is 29.9 Å². The fourth-order valence-corrected chi connectivity index (χ4v) is 6.81. The molecular weight excluding hydrogens is 364 g/mol. The van der Waals surface area contributed by atoms with Gasteiger partial charge in [-0.15, -0.1) is 23.5 Å². The van der Waals surface area contributed by atoms with Gasteiger partial charge >= 0.3 is 0 Å². The van der Waals surface area contributed by atoms with Gasteiger partial charge < -0.3 is 9.64 Å². The van der Waals surface area contributed by atoms with E-state index in [1.807, 2.05) is 40.6 Å². The van der Waals surface area contributed by atoms with Crippen LogP contribution in [0.4, 0.5) is 0 Å². The standard InChI is InChI=1S/C20H28N2O2S2/c23-19(16-4-6-17(7-5-16)20-25-13-14-26-20)22-9-2-8-21(10-11-22)15-18-3-1-12-24-18/h4-7,18,20H,1-3,8-15H2. The van der Waals surface area contributed by atoms with E-state index in [0.717, 1.165) is 51.3 Å². The van der Waals surface area contributed by atoms with Gasteiger partial charge in [0.1, 0.15) is 0 Å². The summed E-state index contributed by atoms with van der Waals surface area (Å²) >= 11 is 4.01. The molecule has 26 heavy (non-hydrogen) atoms. The molecule has 6 heteroatoms. The Hall–Kier alpha value is -0.690. The van der Waals surface area contributed by atoms with Crippen molar-refractivity contribution < 1.29 is 9.53 Å². The van der Waals surface area contributed by atoms with E-state index in [9.17, 15) is 4.79 Å². The number of carbonyl (C=O) groups is 1. The van der Waals surface area contributed by atoms with Gasteiger partial charge in [-0.3, -0.25) is 9.69 Å². The first-order chi connectivity index (χ1) is 12.8. The number of hydrogen-bond acceptors (Lipinski definition) is 5. The van der Waals surface area contributed by atoms with Gasteiger partial charge in [0, 0.05) is 49.9 Å². The summed E-state index contributed by atoms with van der Waals surface area (Å²) in [4.78, 5) is 17.4. The van der Waals surface area contributed by atoms with Crippen molar-refractivity contribution in [1.29, 1.82) is 0 Å². The van der Waals surface area contributed by atoms with E-state index in [-0.39, 0.29) is 5.91 Å². The maximum atomic E-state index is 12.9. The summed E-state index contributed by atoms with van der Waals surface area (Å²) in [5, 5.41) is 0. The van der Waals surface area contributed by atoms with E-state index in [1.165, 1.54) is 29.9 Å². The molecule has 4 nitrogen and oxygen atoms in total. The SMILES string of the molecule is O=C(c1ccc(C2SCCS2)cc1)N1CCCN(CC2CCCO2)CC1. The molecule has 3 fully saturated rings. The fraction of sp³-hybridized carbons (Fsp3) is 0.650. The number of nitrogens with zero attached hydrogens (tertiary/aromatic N) is 2. The summed E-state index contributed by atoms with van der Waals surface area (Å²) in [5.74, 6) is 2.64. The lowest BCUT2D eigenvalue weighted by molar-refractivity contribution is 0.0704. The highest BCUT2D eigenvalue weighted by atomic mass is 32.2. The molecule has 3 aliphatic heterocycles. The highest BCUT2D eigenvalue weighted by Gasteiger charge is 2.24. The normalized spacial score (nSPS) is 25.5. The summed E-state index contributed by atoms with van der Waals surface area (Å²) < 4.78 is 6.31. The lowest BCUT2D eigenvalue weighted by Crippen LogP contribution is -2.37. The number of carbonyl (C=O) groups excluding carboxylic acids is 1. The molecule has 1 amide bonds. The van der Waals surface area contributed by atoms with Gasteiger partial charge in [-0.1, -0.05) is 12.1 Å². The van der Waals surface area contributed by atoms with Crippen molar-refractivity contribution in [3.8, 4) is 0 Å². The number of benzene rings is 1. The lowest BCUT2D eigenvalue weighted by atomic mass is 10.1. The molecule has 1 atom stereocenters. The topological polar surface area (TPSA) is 32.8 Å². The van der Waals surface area contributed by atoms with Crippen LogP contribution >= 0.6 is 23.5 Å². The molecule has 0 radical (unpaired) electrons. The number of thioether (sulfide) groups is 2. The zero-order chi connectivity index (χ0) is 17.8. The number of rotatable bonds is 4. The quantitative estimate of drug-likeness (QED) is 0.783. The molecule has 0 N–H and O–H groups in total. The molecule has 0 bridgehead atoms. The lowest BCUT2D eigenvalue weighted by Gasteiger charge is -2.24. The first-order valence-electron chi connectivity index (χ1n) is 9.76. The average molecular weight is 393 g/mol. The van der Waals surface area contributed by atoms with Crippen molar-refractivity contribution >= 4 is 29.4 Å². The Morgan fingerprint density at radius 2 is 1.85 bits per heavy atom. The Balaban J connectivity index is 1.32. The molecule has 3 saturated heterocycles. The second kappa shape index (κ2) is 9.00. The summed E-state index contributed by atoms with van der Waals surface area (Å²) in [7, 11) is 0. The molecule has 4 rings (SSSR count). The smallest absolute Gasteiger partial charge is 0.253 e. The van der Waals surface area contributed by atoms with E-state index in [1.54, 1.807) is 0 Å². The van der Waals surface area contributed by atoms with Crippen LogP contribution in [0.5, 0.6) is 0 Å². The van der Waals surface area contributed by atoms with Gasteiger partial charge in [-0.05, 0) is 43.5 Å². The molecule has 1 aromatic rings. The van der Waals surface area contributed by atoms with E-state index < -0.39 is 0 Å². The fourth-order valence-electron chi connectivity index (χ4n) is 3.95. The van der Waals surface area contributed by atoms with Crippen LogP contribution in [0.3, 0.4) is 0 Å². The van der Waals surface area contributed by atoms with Crippen LogP contribution in [0.15, 0.2) is 24.3 Å². The van der Waals surface area contributed by atoms with Gasteiger partial charge in [0.25, 0.3) is 5.91 Å². The third-order valence-electron chi connectivity index (χ3n) is 5.41. The highest BCUT2D eigenvalue weighted by molar-refractivity contribution is 8.19. The molecule has 0 aromatic heterocycles. The summed E-state index contributed by atoms with van der Waals surface area (Å²) in [6.07, 6.45) is 3.82.